The van der Waals surface area contributed by atoms with Crippen molar-refractivity contribution >= 4 is 12.1 Å². The zero-order valence-corrected chi connectivity index (χ0v) is 12.7. The summed E-state index contributed by atoms with van der Waals surface area (Å²) in [6.07, 6.45) is 7.93. The fourth-order valence-corrected chi connectivity index (χ4v) is 2.85. The van der Waals surface area contributed by atoms with Crippen molar-refractivity contribution in [3.8, 4) is 0 Å². The van der Waals surface area contributed by atoms with Crippen molar-refractivity contribution in [2.45, 2.75) is 52.0 Å². The third-order valence-corrected chi connectivity index (χ3v) is 3.86. The zero-order chi connectivity index (χ0) is 14.3. The summed E-state index contributed by atoms with van der Waals surface area (Å²) >= 11 is 0. The molecule has 106 valence electrons. The SMILES string of the molecule is C=CN=CN=C1CN(C(C)(CCC)CCC)CC1=C. The Bertz CT molecular complexity index is 373. The van der Waals surface area contributed by atoms with Gasteiger partial charge in [-0.05, 0) is 25.3 Å². The molecule has 1 aliphatic heterocycles. The summed E-state index contributed by atoms with van der Waals surface area (Å²) in [6, 6.07) is 0. The molecule has 0 bridgehead atoms. The maximum atomic E-state index is 4.39. The van der Waals surface area contributed by atoms with Crippen LogP contribution in [0.2, 0.25) is 0 Å². The van der Waals surface area contributed by atoms with Crippen molar-refractivity contribution in [3.63, 3.8) is 0 Å². The van der Waals surface area contributed by atoms with Crippen LogP contribution in [0.25, 0.3) is 0 Å². The number of nitrogens with zero attached hydrogens (tertiary/aromatic N) is 3. The summed E-state index contributed by atoms with van der Waals surface area (Å²) in [7, 11) is 0. The van der Waals surface area contributed by atoms with E-state index in [-0.39, 0.29) is 5.54 Å². The second-order valence-electron chi connectivity index (χ2n) is 5.48. The van der Waals surface area contributed by atoms with Crippen molar-refractivity contribution in [2.75, 3.05) is 13.1 Å². The van der Waals surface area contributed by atoms with Gasteiger partial charge in [-0.25, -0.2) is 9.98 Å². The van der Waals surface area contributed by atoms with Gasteiger partial charge in [0.2, 0.25) is 0 Å². The lowest BCUT2D eigenvalue weighted by molar-refractivity contribution is 0.123. The number of rotatable bonds is 7. The van der Waals surface area contributed by atoms with Crippen LogP contribution in [0.1, 0.15) is 46.5 Å². The van der Waals surface area contributed by atoms with Crippen molar-refractivity contribution < 1.29 is 0 Å². The van der Waals surface area contributed by atoms with E-state index in [1.165, 1.54) is 31.9 Å². The maximum absolute atomic E-state index is 4.39. The highest BCUT2D eigenvalue weighted by Crippen LogP contribution is 2.30. The Labute approximate surface area is 117 Å². The normalized spacial score (nSPS) is 19.7. The summed E-state index contributed by atoms with van der Waals surface area (Å²) in [5, 5.41) is 0. The quantitative estimate of drug-likeness (QED) is 0.505. The van der Waals surface area contributed by atoms with E-state index in [1.807, 2.05) is 0 Å². The first-order valence-electron chi connectivity index (χ1n) is 7.19. The van der Waals surface area contributed by atoms with Crippen LogP contribution < -0.4 is 0 Å². The summed E-state index contributed by atoms with van der Waals surface area (Å²) in [5.41, 5.74) is 2.44. The topological polar surface area (TPSA) is 28.0 Å². The Hall–Kier alpha value is -1.22. The molecule has 1 fully saturated rings. The van der Waals surface area contributed by atoms with E-state index < -0.39 is 0 Å². The van der Waals surface area contributed by atoms with Gasteiger partial charge in [0.05, 0.1) is 5.71 Å². The smallest absolute Gasteiger partial charge is 0.115 e. The van der Waals surface area contributed by atoms with Crippen LogP contribution in [0.3, 0.4) is 0 Å². The first-order chi connectivity index (χ1) is 9.07. The molecule has 1 aliphatic rings. The fraction of sp³-hybridized carbons (Fsp3) is 0.625. The molecule has 0 aliphatic carbocycles. The minimum absolute atomic E-state index is 0.263. The Morgan fingerprint density at radius 2 is 1.89 bits per heavy atom. The molecule has 0 unspecified atom stereocenters. The lowest BCUT2D eigenvalue weighted by atomic mass is 9.89. The van der Waals surface area contributed by atoms with Gasteiger partial charge in [-0.3, -0.25) is 4.90 Å². The largest absolute Gasteiger partial charge is 0.288 e. The lowest BCUT2D eigenvalue weighted by Crippen LogP contribution is -2.45. The van der Waals surface area contributed by atoms with Crippen LogP contribution in [0.15, 0.2) is 34.9 Å². The van der Waals surface area contributed by atoms with Crippen LogP contribution in [0.5, 0.6) is 0 Å². The van der Waals surface area contributed by atoms with Crippen LogP contribution >= 0.6 is 0 Å². The number of aliphatic imine (C=N–C) groups is 2. The van der Waals surface area contributed by atoms with E-state index >= 15 is 0 Å². The van der Waals surface area contributed by atoms with Gasteiger partial charge in [0.1, 0.15) is 6.34 Å². The molecule has 3 heteroatoms. The van der Waals surface area contributed by atoms with Gasteiger partial charge in [-0.1, -0.05) is 39.8 Å². The van der Waals surface area contributed by atoms with Crippen LogP contribution in [-0.2, 0) is 0 Å². The summed E-state index contributed by atoms with van der Waals surface area (Å²) < 4.78 is 0. The predicted octanol–water partition coefficient (Wildman–Crippen LogP) is 3.83. The van der Waals surface area contributed by atoms with Crippen LogP contribution in [0.4, 0.5) is 0 Å². The monoisotopic (exact) mass is 261 g/mol. The van der Waals surface area contributed by atoms with Gasteiger partial charge >= 0.3 is 0 Å². The molecule has 0 radical (unpaired) electrons. The van der Waals surface area contributed by atoms with E-state index in [9.17, 15) is 0 Å². The Morgan fingerprint density at radius 1 is 1.26 bits per heavy atom. The minimum atomic E-state index is 0.263. The van der Waals surface area contributed by atoms with E-state index in [4.69, 9.17) is 0 Å². The molecule has 0 N–H and O–H groups in total. The molecule has 0 aromatic heterocycles. The summed E-state index contributed by atoms with van der Waals surface area (Å²) in [6.45, 7) is 16.4. The van der Waals surface area contributed by atoms with Gasteiger partial charge in [0.25, 0.3) is 0 Å². The highest BCUT2D eigenvalue weighted by Gasteiger charge is 2.35. The molecule has 1 saturated heterocycles. The number of hydrogen-bond acceptors (Lipinski definition) is 2. The third-order valence-electron chi connectivity index (χ3n) is 3.86. The second-order valence-corrected chi connectivity index (χ2v) is 5.48. The molecule has 0 aromatic carbocycles. The first-order valence-corrected chi connectivity index (χ1v) is 7.19. The van der Waals surface area contributed by atoms with E-state index in [0.717, 1.165) is 24.4 Å². The Balaban J connectivity index is 2.81. The minimum Gasteiger partial charge on any atom is -0.288 e. The maximum Gasteiger partial charge on any atom is 0.115 e. The molecular weight excluding hydrogens is 234 g/mol. The van der Waals surface area contributed by atoms with E-state index in [1.54, 1.807) is 6.34 Å². The number of hydrogen-bond donors (Lipinski definition) is 0. The molecule has 0 amide bonds. The molecule has 3 nitrogen and oxygen atoms in total. The van der Waals surface area contributed by atoms with Crippen LogP contribution in [0, 0.1) is 0 Å². The van der Waals surface area contributed by atoms with Crippen molar-refractivity contribution in [1.82, 2.24) is 4.90 Å². The molecule has 0 saturated carbocycles. The van der Waals surface area contributed by atoms with Gasteiger partial charge in [-0.15, -0.1) is 0 Å². The molecule has 0 spiro atoms. The zero-order valence-electron chi connectivity index (χ0n) is 12.7. The molecule has 1 rings (SSSR count). The first kappa shape index (κ1) is 15.8. The summed E-state index contributed by atoms with van der Waals surface area (Å²) in [5.74, 6) is 0. The van der Waals surface area contributed by atoms with Gasteiger partial charge < -0.3 is 0 Å². The Kier molecular flexibility index (Phi) is 6.16. The van der Waals surface area contributed by atoms with Gasteiger partial charge in [0, 0.05) is 24.8 Å². The van der Waals surface area contributed by atoms with Crippen molar-refractivity contribution in [2.24, 2.45) is 9.98 Å². The van der Waals surface area contributed by atoms with E-state index in [2.05, 4.69) is 48.8 Å². The lowest BCUT2D eigenvalue weighted by Gasteiger charge is -2.38. The fourth-order valence-electron chi connectivity index (χ4n) is 2.85. The molecule has 0 atom stereocenters. The Morgan fingerprint density at radius 3 is 2.42 bits per heavy atom. The van der Waals surface area contributed by atoms with Crippen molar-refractivity contribution in [3.05, 3.63) is 24.9 Å². The average Bonchev–Trinajstić information content (AvgIpc) is 2.73. The number of likely N-dealkylation sites (tertiary alicyclic amines) is 1. The second kappa shape index (κ2) is 7.39. The average molecular weight is 261 g/mol. The standard InChI is InChI=1S/C16H27N3/c1-6-9-16(5,10-7-2)19-11-14(4)15(12-19)18-13-17-8-3/h8,13H,3-4,6-7,9-12H2,1-2,5H3. The van der Waals surface area contributed by atoms with E-state index in [0.29, 0.717) is 0 Å². The third kappa shape index (κ3) is 4.13. The van der Waals surface area contributed by atoms with Gasteiger partial charge in [0.15, 0.2) is 0 Å². The molecular formula is C16H27N3. The van der Waals surface area contributed by atoms with Crippen LogP contribution in [-0.4, -0.2) is 35.6 Å². The highest BCUT2D eigenvalue weighted by atomic mass is 15.2. The molecule has 0 aromatic rings. The molecule has 19 heavy (non-hydrogen) atoms. The molecule has 1 heterocycles. The predicted molar refractivity (Wildman–Crippen MR) is 85.1 cm³/mol. The van der Waals surface area contributed by atoms with Gasteiger partial charge in [-0.2, -0.15) is 0 Å². The summed E-state index contributed by atoms with van der Waals surface area (Å²) in [4.78, 5) is 10.8. The van der Waals surface area contributed by atoms with Crippen molar-refractivity contribution in [1.29, 1.82) is 0 Å². The highest BCUT2D eigenvalue weighted by molar-refractivity contribution is 6.06.